The maximum Gasteiger partial charge on any atom is 0.125 e. The van der Waals surface area contributed by atoms with Gasteiger partial charge in [0.2, 0.25) is 0 Å². The molecule has 1 aromatic rings. The second-order valence-corrected chi connectivity index (χ2v) is 5.96. The predicted molar refractivity (Wildman–Crippen MR) is 81.9 cm³/mol. The molecule has 2 N–H and O–H groups in total. The Labute approximate surface area is 117 Å². The Balaban J connectivity index is 2.83. The average Bonchev–Trinajstić information content (AvgIpc) is 2.35. The fraction of sp³-hybridized carbons (Fsp3) is 0.625. The van der Waals surface area contributed by atoms with Crippen LogP contribution in [0.1, 0.15) is 30.5 Å². The first-order valence-corrected chi connectivity index (χ1v) is 6.87. The lowest BCUT2D eigenvalue weighted by Gasteiger charge is -2.34. The van der Waals surface area contributed by atoms with Crippen molar-refractivity contribution >= 4 is 0 Å². The molecule has 0 amide bonds. The Hall–Kier alpha value is -1.06. The zero-order chi connectivity index (χ0) is 14.6. The van der Waals surface area contributed by atoms with Crippen LogP contribution in [0.25, 0.3) is 0 Å². The number of rotatable bonds is 6. The van der Waals surface area contributed by atoms with Crippen LogP contribution in [-0.4, -0.2) is 37.7 Å². The van der Waals surface area contributed by atoms with Gasteiger partial charge in [-0.3, -0.25) is 4.90 Å². The molecule has 0 saturated heterocycles. The average molecular weight is 264 g/mol. The minimum atomic E-state index is 0.0338. The highest BCUT2D eigenvalue weighted by Crippen LogP contribution is 2.26. The molecule has 0 aliphatic heterocycles. The molecule has 1 aromatic carbocycles. The van der Waals surface area contributed by atoms with E-state index < -0.39 is 0 Å². The molecule has 0 aliphatic carbocycles. The van der Waals surface area contributed by atoms with E-state index >= 15 is 0 Å². The van der Waals surface area contributed by atoms with E-state index in [0.717, 1.165) is 18.7 Å². The molecule has 0 fully saturated rings. The van der Waals surface area contributed by atoms with Gasteiger partial charge in [0.05, 0.1) is 7.11 Å². The molecule has 0 spiro atoms. The van der Waals surface area contributed by atoms with Gasteiger partial charge in [0.1, 0.15) is 5.75 Å². The third-order valence-corrected chi connectivity index (χ3v) is 3.95. The molecule has 0 aliphatic rings. The highest BCUT2D eigenvalue weighted by Gasteiger charge is 2.21. The third kappa shape index (κ3) is 3.95. The highest BCUT2D eigenvalue weighted by atomic mass is 16.5. The Kier molecular flexibility index (Phi) is 5.39. The fourth-order valence-corrected chi connectivity index (χ4v) is 2.27. The predicted octanol–water partition coefficient (Wildman–Crippen LogP) is 2.52. The van der Waals surface area contributed by atoms with Gasteiger partial charge in [0.15, 0.2) is 0 Å². The van der Waals surface area contributed by atoms with Crippen LogP contribution in [0.4, 0.5) is 0 Å². The van der Waals surface area contributed by atoms with E-state index in [4.69, 9.17) is 10.5 Å². The van der Waals surface area contributed by atoms with E-state index in [0.29, 0.717) is 6.54 Å². The highest BCUT2D eigenvalue weighted by molar-refractivity contribution is 5.43. The summed E-state index contributed by atoms with van der Waals surface area (Å²) in [5, 5.41) is 0. The van der Waals surface area contributed by atoms with Gasteiger partial charge in [-0.15, -0.1) is 0 Å². The minimum absolute atomic E-state index is 0.0338. The van der Waals surface area contributed by atoms with E-state index in [9.17, 15) is 0 Å². The van der Waals surface area contributed by atoms with Crippen LogP contribution in [0.15, 0.2) is 12.1 Å². The van der Waals surface area contributed by atoms with Crippen LogP contribution < -0.4 is 10.5 Å². The number of hydrogen-bond acceptors (Lipinski definition) is 3. The maximum absolute atomic E-state index is 5.81. The summed E-state index contributed by atoms with van der Waals surface area (Å²) in [5.74, 6) is 1.02. The van der Waals surface area contributed by atoms with E-state index in [-0.39, 0.29) is 5.54 Å². The SMILES string of the molecule is COc1c(C)cc(C)cc1CCN(C)C(C)(C)CN. The van der Waals surface area contributed by atoms with E-state index in [1.165, 1.54) is 16.7 Å². The number of nitrogens with zero attached hydrogens (tertiary/aromatic N) is 1. The van der Waals surface area contributed by atoms with Crippen LogP contribution in [0.2, 0.25) is 0 Å². The first-order valence-electron chi connectivity index (χ1n) is 6.87. The summed E-state index contributed by atoms with van der Waals surface area (Å²) in [5.41, 5.74) is 9.62. The van der Waals surface area contributed by atoms with Crippen molar-refractivity contribution in [3.63, 3.8) is 0 Å². The summed E-state index contributed by atoms with van der Waals surface area (Å²) < 4.78 is 5.53. The Morgan fingerprint density at radius 2 is 1.89 bits per heavy atom. The Bertz CT molecular complexity index is 427. The summed E-state index contributed by atoms with van der Waals surface area (Å²) in [7, 11) is 3.87. The lowest BCUT2D eigenvalue weighted by Crippen LogP contribution is -2.47. The molecule has 0 bridgehead atoms. The van der Waals surface area contributed by atoms with Gasteiger partial charge in [-0.25, -0.2) is 0 Å². The number of likely N-dealkylation sites (N-methyl/N-ethyl adjacent to an activating group) is 1. The summed E-state index contributed by atoms with van der Waals surface area (Å²) in [6, 6.07) is 4.38. The van der Waals surface area contributed by atoms with Crippen LogP contribution in [-0.2, 0) is 6.42 Å². The van der Waals surface area contributed by atoms with Gasteiger partial charge >= 0.3 is 0 Å². The standard InChI is InChI=1S/C16H28N2O/c1-12-9-13(2)15(19-6)14(10-12)7-8-18(5)16(3,4)11-17/h9-10H,7-8,11,17H2,1-6H3. The molecule has 0 heterocycles. The van der Waals surface area contributed by atoms with Gasteiger partial charge in [-0.1, -0.05) is 17.7 Å². The molecule has 108 valence electrons. The largest absolute Gasteiger partial charge is 0.496 e. The Morgan fingerprint density at radius 3 is 2.42 bits per heavy atom. The topological polar surface area (TPSA) is 38.5 Å². The fourth-order valence-electron chi connectivity index (χ4n) is 2.27. The number of ether oxygens (including phenoxy) is 1. The zero-order valence-electron chi connectivity index (χ0n) is 13.2. The number of nitrogens with two attached hydrogens (primary N) is 1. The molecular formula is C16H28N2O. The van der Waals surface area contributed by atoms with Crippen LogP contribution in [0.5, 0.6) is 5.75 Å². The van der Waals surface area contributed by atoms with Gasteiger partial charge < -0.3 is 10.5 Å². The van der Waals surface area contributed by atoms with Crippen molar-refractivity contribution in [1.82, 2.24) is 4.90 Å². The third-order valence-electron chi connectivity index (χ3n) is 3.95. The quantitative estimate of drug-likeness (QED) is 0.858. The molecule has 0 saturated carbocycles. The van der Waals surface area contributed by atoms with Crippen molar-refractivity contribution in [3.8, 4) is 5.75 Å². The first kappa shape index (κ1) is 16.0. The van der Waals surface area contributed by atoms with Gasteiger partial charge in [-0.05, 0) is 52.3 Å². The van der Waals surface area contributed by atoms with Crippen molar-refractivity contribution in [1.29, 1.82) is 0 Å². The van der Waals surface area contributed by atoms with Crippen molar-refractivity contribution in [2.45, 2.75) is 39.7 Å². The Morgan fingerprint density at radius 1 is 1.26 bits per heavy atom. The molecule has 19 heavy (non-hydrogen) atoms. The number of hydrogen-bond donors (Lipinski definition) is 1. The lowest BCUT2D eigenvalue weighted by molar-refractivity contribution is 0.165. The first-order chi connectivity index (χ1) is 8.81. The summed E-state index contributed by atoms with van der Waals surface area (Å²) >= 11 is 0. The van der Waals surface area contributed by atoms with Crippen molar-refractivity contribution in [2.75, 3.05) is 27.2 Å². The molecule has 0 unspecified atom stereocenters. The maximum atomic E-state index is 5.81. The lowest BCUT2D eigenvalue weighted by atomic mass is 10.0. The molecule has 0 radical (unpaired) electrons. The van der Waals surface area contributed by atoms with Crippen molar-refractivity contribution in [2.24, 2.45) is 5.73 Å². The van der Waals surface area contributed by atoms with Gasteiger partial charge in [0, 0.05) is 18.6 Å². The van der Waals surface area contributed by atoms with Crippen molar-refractivity contribution in [3.05, 3.63) is 28.8 Å². The summed E-state index contributed by atoms with van der Waals surface area (Å²) in [6.45, 7) is 10.2. The van der Waals surface area contributed by atoms with Gasteiger partial charge in [-0.2, -0.15) is 0 Å². The molecule has 0 atom stereocenters. The van der Waals surface area contributed by atoms with E-state index in [1.807, 2.05) is 0 Å². The molecule has 3 heteroatoms. The van der Waals surface area contributed by atoms with Crippen LogP contribution in [0, 0.1) is 13.8 Å². The molecule has 0 aromatic heterocycles. The summed E-state index contributed by atoms with van der Waals surface area (Å²) in [6.07, 6.45) is 0.978. The zero-order valence-corrected chi connectivity index (χ0v) is 13.2. The molecule has 3 nitrogen and oxygen atoms in total. The smallest absolute Gasteiger partial charge is 0.125 e. The van der Waals surface area contributed by atoms with Crippen LogP contribution in [0.3, 0.4) is 0 Å². The molecule has 1 rings (SSSR count). The van der Waals surface area contributed by atoms with Crippen molar-refractivity contribution < 1.29 is 4.74 Å². The van der Waals surface area contributed by atoms with E-state index in [1.54, 1.807) is 7.11 Å². The number of methoxy groups -OCH3 is 1. The summed E-state index contributed by atoms with van der Waals surface area (Å²) in [4.78, 5) is 2.31. The van der Waals surface area contributed by atoms with Crippen LogP contribution >= 0.6 is 0 Å². The minimum Gasteiger partial charge on any atom is -0.496 e. The van der Waals surface area contributed by atoms with E-state index in [2.05, 4.69) is 51.8 Å². The molecular weight excluding hydrogens is 236 g/mol. The second kappa shape index (κ2) is 6.40. The normalized spacial score (nSPS) is 12.0. The number of benzene rings is 1. The monoisotopic (exact) mass is 264 g/mol. The number of aryl methyl sites for hydroxylation is 2. The second-order valence-electron chi connectivity index (χ2n) is 5.96. The van der Waals surface area contributed by atoms with Gasteiger partial charge in [0.25, 0.3) is 0 Å².